The fourth-order valence-corrected chi connectivity index (χ4v) is 2.17. The number of ether oxygens (including phenoxy) is 1. The molecule has 3 aromatic rings. The number of carbonyl (C=O) groups excluding carboxylic acids is 2. The van der Waals surface area contributed by atoms with Crippen LogP contribution in [-0.2, 0) is 9.53 Å². The summed E-state index contributed by atoms with van der Waals surface area (Å²) in [4.78, 5) is 24.1. The van der Waals surface area contributed by atoms with Gasteiger partial charge in [-0.15, -0.1) is 0 Å². The van der Waals surface area contributed by atoms with Crippen LogP contribution in [0, 0.1) is 11.6 Å². The van der Waals surface area contributed by atoms with Crippen LogP contribution in [0.15, 0.2) is 52.9 Å². The first kappa shape index (κ1) is 16.6. The monoisotopic (exact) mass is 345 g/mol. The smallest absolute Gasteiger partial charge is 0.375 e. The zero-order valence-corrected chi connectivity index (χ0v) is 13.1. The standard InChI is InChI=1S/C18H13F2NO4/c1-10(17(22)21-12-6-7-13(19)14(20)9-12)24-18(23)16-8-11-4-2-3-5-15(11)25-16/h2-10H,1H3,(H,21,22)/t10-/m1/s1. The van der Waals surface area contributed by atoms with Crippen molar-refractivity contribution in [1.29, 1.82) is 0 Å². The lowest BCUT2D eigenvalue weighted by molar-refractivity contribution is -0.123. The van der Waals surface area contributed by atoms with Crippen LogP contribution in [-0.4, -0.2) is 18.0 Å². The quantitative estimate of drug-likeness (QED) is 0.728. The van der Waals surface area contributed by atoms with Gasteiger partial charge in [-0.05, 0) is 31.2 Å². The molecule has 128 valence electrons. The zero-order valence-electron chi connectivity index (χ0n) is 13.1. The Morgan fingerprint density at radius 3 is 2.56 bits per heavy atom. The van der Waals surface area contributed by atoms with Crippen molar-refractivity contribution in [3.8, 4) is 0 Å². The second-order valence-electron chi connectivity index (χ2n) is 5.31. The maximum Gasteiger partial charge on any atom is 0.375 e. The van der Waals surface area contributed by atoms with E-state index in [0.717, 1.165) is 17.5 Å². The van der Waals surface area contributed by atoms with Crippen LogP contribution in [0.3, 0.4) is 0 Å². The van der Waals surface area contributed by atoms with Crippen molar-refractivity contribution in [3.63, 3.8) is 0 Å². The Morgan fingerprint density at radius 1 is 1.08 bits per heavy atom. The number of hydrogen-bond acceptors (Lipinski definition) is 4. The molecule has 1 aromatic heterocycles. The third-order valence-electron chi connectivity index (χ3n) is 3.47. The molecule has 3 rings (SSSR count). The van der Waals surface area contributed by atoms with Gasteiger partial charge in [-0.1, -0.05) is 18.2 Å². The average molecular weight is 345 g/mol. The number of rotatable bonds is 4. The molecule has 7 heteroatoms. The summed E-state index contributed by atoms with van der Waals surface area (Å²) in [7, 11) is 0. The molecule has 2 aromatic carbocycles. The summed E-state index contributed by atoms with van der Waals surface area (Å²) in [6, 6.07) is 11.5. The predicted octanol–water partition coefficient (Wildman–Crippen LogP) is 3.90. The summed E-state index contributed by atoms with van der Waals surface area (Å²) in [5.74, 6) is -3.64. The Bertz CT molecular complexity index is 918. The van der Waals surface area contributed by atoms with Crippen molar-refractivity contribution >= 4 is 28.5 Å². The van der Waals surface area contributed by atoms with Gasteiger partial charge in [0.25, 0.3) is 5.91 Å². The highest BCUT2D eigenvalue weighted by Gasteiger charge is 2.22. The van der Waals surface area contributed by atoms with Gasteiger partial charge < -0.3 is 14.5 Å². The number of para-hydroxylation sites is 1. The molecule has 0 saturated carbocycles. The Labute approximate surface area is 141 Å². The molecule has 0 fully saturated rings. The summed E-state index contributed by atoms with van der Waals surface area (Å²) < 4.78 is 36.4. The van der Waals surface area contributed by atoms with Crippen LogP contribution in [0.25, 0.3) is 11.0 Å². The van der Waals surface area contributed by atoms with Crippen molar-refractivity contribution in [2.75, 3.05) is 5.32 Å². The van der Waals surface area contributed by atoms with Crippen LogP contribution in [0.2, 0.25) is 0 Å². The minimum Gasteiger partial charge on any atom is -0.449 e. The van der Waals surface area contributed by atoms with E-state index in [1.807, 2.05) is 0 Å². The van der Waals surface area contributed by atoms with Crippen LogP contribution in [0.4, 0.5) is 14.5 Å². The van der Waals surface area contributed by atoms with E-state index >= 15 is 0 Å². The van der Waals surface area contributed by atoms with Crippen molar-refractivity contribution in [3.05, 3.63) is 65.9 Å². The molecule has 0 radical (unpaired) electrons. The van der Waals surface area contributed by atoms with Gasteiger partial charge in [-0.25, -0.2) is 13.6 Å². The second kappa shape index (κ2) is 6.72. The minimum atomic E-state index is -1.16. The van der Waals surface area contributed by atoms with E-state index < -0.39 is 29.6 Å². The van der Waals surface area contributed by atoms with E-state index in [2.05, 4.69) is 5.32 Å². The molecule has 0 spiro atoms. The molecule has 0 aliphatic carbocycles. The van der Waals surface area contributed by atoms with Gasteiger partial charge in [-0.2, -0.15) is 0 Å². The number of furan rings is 1. The van der Waals surface area contributed by atoms with Gasteiger partial charge in [0.1, 0.15) is 5.58 Å². The van der Waals surface area contributed by atoms with Crippen molar-refractivity contribution in [1.82, 2.24) is 0 Å². The molecule has 25 heavy (non-hydrogen) atoms. The molecule has 1 N–H and O–H groups in total. The Morgan fingerprint density at radius 2 is 1.84 bits per heavy atom. The third kappa shape index (κ3) is 3.65. The highest BCUT2D eigenvalue weighted by molar-refractivity contribution is 5.97. The minimum absolute atomic E-state index is 0.0336. The van der Waals surface area contributed by atoms with Gasteiger partial charge in [0.2, 0.25) is 5.76 Å². The SMILES string of the molecule is C[C@@H](OC(=O)c1cc2ccccc2o1)C(=O)Nc1ccc(F)c(F)c1. The summed E-state index contributed by atoms with van der Waals surface area (Å²) in [5.41, 5.74) is 0.573. The molecule has 0 aliphatic heterocycles. The number of benzene rings is 2. The molecular weight excluding hydrogens is 332 g/mol. The number of fused-ring (bicyclic) bond motifs is 1. The first-order chi connectivity index (χ1) is 11.9. The van der Waals surface area contributed by atoms with Crippen molar-refractivity contribution in [2.24, 2.45) is 0 Å². The van der Waals surface area contributed by atoms with Gasteiger partial charge in [0.05, 0.1) is 0 Å². The molecular formula is C18H13F2NO4. The Hall–Kier alpha value is -3.22. The predicted molar refractivity (Wildman–Crippen MR) is 86.1 cm³/mol. The summed E-state index contributed by atoms with van der Waals surface area (Å²) in [5, 5.41) is 3.07. The number of anilines is 1. The highest BCUT2D eigenvalue weighted by atomic mass is 19.2. The second-order valence-corrected chi connectivity index (χ2v) is 5.31. The van der Waals surface area contributed by atoms with Gasteiger partial charge >= 0.3 is 5.97 Å². The fourth-order valence-electron chi connectivity index (χ4n) is 2.17. The van der Waals surface area contributed by atoms with Gasteiger partial charge in [0, 0.05) is 17.1 Å². The fraction of sp³-hybridized carbons (Fsp3) is 0.111. The van der Waals surface area contributed by atoms with Crippen molar-refractivity contribution < 1.29 is 27.5 Å². The topological polar surface area (TPSA) is 68.5 Å². The van der Waals surface area contributed by atoms with Crippen LogP contribution >= 0.6 is 0 Å². The Balaban J connectivity index is 1.65. The number of nitrogens with one attached hydrogen (secondary N) is 1. The number of hydrogen-bond donors (Lipinski definition) is 1. The lowest BCUT2D eigenvalue weighted by atomic mass is 10.2. The molecule has 0 bridgehead atoms. The molecule has 1 atom stereocenters. The van der Waals surface area contributed by atoms with Crippen molar-refractivity contribution in [2.45, 2.75) is 13.0 Å². The van der Waals surface area contributed by atoms with Gasteiger partial charge in [-0.3, -0.25) is 4.79 Å². The summed E-state index contributed by atoms with van der Waals surface area (Å²) in [6.07, 6.45) is -1.16. The van der Waals surface area contributed by atoms with E-state index in [-0.39, 0.29) is 11.4 Å². The lowest BCUT2D eigenvalue weighted by Crippen LogP contribution is -2.29. The molecule has 1 amide bonds. The molecule has 0 aliphatic rings. The zero-order chi connectivity index (χ0) is 18.0. The Kier molecular flexibility index (Phi) is 4.47. The summed E-state index contributed by atoms with van der Waals surface area (Å²) in [6.45, 7) is 1.36. The number of carbonyl (C=O) groups is 2. The van der Waals surface area contributed by atoms with E-state index in [1.54, 1.807) is 24.3 Å². The normalized spacial score (nSPS) is 12.0. The van der Waals surface area contributed by atoms with Gasteiger partial charge in [0.15, 0.2) is 17.7 Å². The molecule has 0 unspecified atom stereocenters. The van der Waals surface area contributed by atoms with Crippen LogP contribution in [0.1, 0.15) is 17.5 Å². The highest BCUT2D eigenvalue weighted by Crippen LogP contribution is 2.20. The summed E-state index contributed by atoms with van der Waals surface area (Å²) >= 11 is 0. The first-order valence-electron chi connectivity index (χ1n) is 7.39. The molecule has 1 heterocycles. The maximum atomic E-state index is 13.1. The number of halogens is 2. The maximum absolute atomic E-state index is 13.1. The van der Waals surface area contributed by atoms with Crippen LogP contribution < -0.4 is 5.32 Å². The average Bonchev–Trinajstić information content (AvgIpc) is 3.02. The van der Waals surface area contributed by atoms with E-state index in [1.165, 1.54) is 19.1 Å². The van der Waals surface area contributed by atoms with Crippen LogP contribution in [0.5, 0.6) is 0 Å². The molecule has 5 nitrogen and oxygen atoms in total. The largest absolute Gasteiger partial charge is 0.449 e. The lowest BCUT2D eigenvalue weighted by Gasteiger charge is -2.12. The third-order valence-corrected chi connectivity index (χ3v) is 3.47. The van der Waals surface area contributed by atoms with E-state index in [4.69, 9.17) is 9.15 Å². The van der Waals surface area contributed by atoms with E-state index in [0.29, 0.717) is 5.58 Å². The number of amides is 1. The van der Waals surface area contributed by atoms with E-state index in [9.17, 15) is 18.4 Å². The molecule has 0 saturated heterocycles. The number of esters is 1. The first-order valence-corrected chi connectivity index (χ1v) is 7.39.